The van der Waals surface area contributed by atoms with Crippen LogP contribution in [0.1, 0.15) is 18.4 Å². The van der Waals surface area contributed by atoms with Crippen molar-refractivity contribution < 1.29 is 4.79 Å². The number of hydrogen-bond donors (Lipinski definition) is 1. The van der Waals surface area contributed by atoms with Crippen molar-refractivity contribution >= 4 is 34.8 Å². The van der Waals surface area contributed by atoms with E-state index in [0.29, 0.717) is 35.3 Å². The smallest absolute Gasteiger partial charge is 0.227 e. The zero-order chi connectivity index (χ0) is 22.8. The lowest BCUT2D eigenvalue weighted by Gasteiger charge is -2.16. The number of carbonyl (C=O) groups is 1. The van der Waals surface area contributed by atoms with E-state index < -0.39 is 0 Å². The number of anilines is 3. The molecule has 0 saturated carbocycles. The third-order valence-electron chi connectivity index (χ3n) is 5.57. The van der Waals surface area contributed by atoms with Gasteiger partial charge in [0.15, 0.2) is 0 Å². The highest BCUT2D eigenvalue weighted by atomic mass is 35.5. The number of amides is 1. The molecule has 1 aliphatic rings. The lowest BCUT2D eigenvalue weighted by molar-refractivity contribution is -0.117. The number of aromatic nitrogens is 3. The molecule has 2 aromatic heterocycles. The van der Waals surface area contributed by atoms with Crippen molar-refractivity contribution in [1.82, 2.24) is 15.0 Å². The van der Waals surface area contributed by atoms with Crippen LogP contribution in [0.25, 0.3) is 22.4 Å². The first-order valence-corrected chi connectivity index (χ1v) is 11.2. The number of carbonyl (C=O) groups excluding carboxylic acids is 1. The Balaban J connectivity index is 1.46. The van der Waals surface area contributed by atoms with Gasteiger partial charge in [-0.15, -0.1) is 0 Å². The molecule has 3 heterocycles. The Bertz CT molecular complexity index is 1330. The summed E-state index contributed by atoms with van der Waals surface area (Å²) in [5.74, 6) is 0.525. The Morgan fingerprint density at radius 2 is 1.79 bits per heavy atom. The van der Waals surface area contributed by atoms with Crippen molar-refractivity contribution in [2.45, 2.75) is 19.8 Å². The maximum atomic E-state index is 12.1. The van der Waals surface area contributed by atoms with Gasteiger partial charge in [-0.05, 0) is 48.2 Å². The standard InChI is InChI=1S/C26H22ClN5O/c1-17-10-19(18-6-3-2-4-7-18)12-20(11-17)25-23(27)16-29-26(31-25)30-21-13-22(15-28-14-21)32-9-5-8-24(32)33/h2-4,6-7,10-16H,5,8-9H2,1H3,(H,29,30,31). The summed E-state index contributed by atoms with van der Waals surface area (Å²) in [6, 6.07) is 18.4. The van der Waals surface area contributed by atoms with Crippen molar-refractivity contribution in [3.05, 3.63) is 83.8 Å². The molecule has 0 atom stereocenters. The Morgan fingerprint density at radius 3 is 2.58 bits per heavy atom. The molecule has 1 amide bonds. The van der Waals surface area contributed by atoms with E-state index >= 15 is 0 Å². The van der Waals surface area contributed by atoms with Gasteiger partial charge in [-0.1, -0.05) is 48.0 Å². The van der Waals surface area contributed by atoms with Crippen LogP contribution in [0.3, 0.4) is 0 Å². The van der Waals surface area contributed by atoms with Crippen LogP contribution in [0.2, 0.25) is 5.02 Å². The molecule has 0 bridgehead atoms. The van der Waals surface area contributed by atoms with Gasteiger partial charge in [0.25, 0.3) is 0 Å². The molecule has 0 unspecified atom stereocenters. The average Bonchev–Trinajstić information content (AvgIpc) is 3.26. The quantitative estimate of drug-likeness (QED) is 0.397. The van der Waals surface area contributed by atoms with E-state index in [0.717, 1.165) is 34.4 Å². The highest BCUT2D eigenvalue weighted by Gasteiger charge is 2.22. The molecule has 6 nitrogen and oxygen atoms in total. The molecule has 33 heavy (non-hydrogen) atoms. The molecule has 7 heteroatoms. The first-order chi connectivity index (χ1) is 16.1. The van der Waals surface area contributed by atoms with E-state index in [4.69, 9.17) is 16.6 Å². The molecule has 0 aliphatic carbocycles. The fourth-order valence-corrected chi connectivity index (χ4v) is 4.24. The first-order valence-electron chi connectivity index (χ1n) is 10.8. The van der Waals surface area contributed by atoms with Crippen molar-refractivity contribution in [2.24, 2.45) is 0 Å². The first kappa shape index (κ1) is 21.1. The van der Waals surface area contributed by atoms with Gasteiger partial charge in [-0.2, -0.15) is 0 Å². The minimum Gasteiger partial charge on any atom is -0.323 e. The zero-order valence-electron chi connectivity index (χ0n) is 18.1. The molecule has 0 radical (unpaired) electrons. The van der Waals surface area contributed by atoms with Crippen molar-refractivity contribution in [2.75, 3.05) is 16.8 Å². The maximum Gasteiger partial charge on any atom is 0.227 e. The van der Waals surface area contributed by atoms with Crippen LogP contribution in [-0.2, 0) is 4.79 Å². The van der Waals surface area contributed by atoms with Gasteiger partial charge in [-0.25, -0.2) is 9.97 Å². The number of pyridine rings is 1. The Hall–Kier alpha value is -3.77. The number of halogens is 1. The van der Waals surface area contributed by atoms with E-state index in [9.17, 15) is 4.79 Å². The van der Waals surface area contributed by atoms with Gasteiger partial charge in [0.2, 0.25) is 11.9 Å². The van der Waals surface area contributed by atoms with Crippen molar-refractivity contribution in [3.8, 4) is 22.4 Å². The van der Waals surface area contributed by atoms with Gasteiger partial charge in [0, 0.05) is 18.5 Å². The Labute approximate surface area is 197 Å². The SMILES string of the molecule is Cc1cc(-c2ccccc2)cc(-c2nc(Nc3cncc(N4CCCC4=O)c3)ncc2Cl)c1. The molecule has 1 N–H and O–H groups in total. The lowest BCUT2D eigenvalue weighted by atomic mass is 9.99. The predicted molar refractivity (Wildman–Crippen MR) is 132 cm³/mol. The molecule has 164 valence electrons. The lowest BCUT2D eigenvalue weighted by Crippen LogP contribution is -2.23. The zero-order valence-corrected chi connectivity index (χ0v) is 18.9. The summed E-state index contributed by atoms with van der Waals surface area (Å²) in [6.45, 7) is 2.77. The van der Waals surface area contributed by atoms with E-state index in [-0.39, 0.29) is 5.91 Å². The molecule has 4 aromatic rings. The minimum absolute atomic E-state index is 0.118. The van der Waals surface area contributed by atoms with Crippen molar-refractivity contribution in [3.63, 3.8) is 0 Å². The summed E-state index contributed by atoms with van der Waals surface area (Å²) in [6.07, 6.45) is 6.41. The van der Waals surface area contributed by atoms with Crippen LogP contribution in [-0.4, -0.2) is 27.4 Å². The summed E-state index contributed by atoms with van der Waals surface area (Å²) >= 11 is 6.50. The van der Waals surface area contributed by atoms with Crippen molar-refractivity contribution in [1.29, 1.82) is 0 Å². The number of aryl methyl sites for hydroxylation is 1. The van der Waals surface area contributed by atoms with Crippen LogP contribution in [0.5, 0.6) is 0 Å². The summed E-state index contributed by atoms with van der Waals surface area (Å²) in [5, 5.41) is 3.67. The minimum atomic E-state index is 0.118. The Morgan fingerprint density at radius 1 is 0.970 bits per heavy atom. The van der Waals surface area contributed by atoms with E-state index in [1.54, 1.807) is 23.5 Å². The second kappa shape index (κ2) is 9.00. The van der Waals surface area contributed by atoms with Gasteiger partial charge >= 0.3 is 0 Å². The summed E-state index contributed by atoms with van der Waals surface area (Å²) < 4.78 is 0. The van der Waals surface area contributed by atoms with E-state index in [1.807, 2.05) is 24.3 Å². The fourth-order valence-electron chi connectivity index (χ4n) is 4.04. The van der Waals surface area contributed by atoms with Crippen LogP contribution in [0.4, 0.5) is 17.3 Å². The average molecular weight is 456 g/mol. The maximum absolute atomic E-state index is 12.1. The van der Waals surface area contributed by atoms with Gasteiger partial charge in [0.05, 0.1) is 40.7 Å². The third kappa shape index (κ3) is 4.56. The van der Waals surface area contributed by atoms with Crippen LogP contribution in [0.15, 0.2) is 73.2 Å². The highest BCUT2D eigenvalue weighted by Crippen LogP contribution is 2.32. The number of rotatable bonds is 5. The summed E-state index contributed by atoms with van der Waals surface area (Å²) in [4.78, 5) is 27.1. The molecule has 1 aliphatic heterocycles. The second-order valence-corrected chi connectivity index (χ2v) is 8.46. The van der Waals surface area contributed by atoms with E-state index in [2.05, 4.69) is 52.5 Å². The molecule has 5 rings (SSSR count). The number of benzene rings is 2. The van der Waals surface area contributed by atoms with Crippen LogP contribution >= 0.6 is 11.6 Å². The molecule has 1 fully saturated rings. The van der Waals surface area contributed by atoms with Gasteiger partial charge in [-0.3, -0.25) is 9.78 Å². The molecular weight excluding hydrogens is 434 g/mol. The fraction of sp³-hybridized carbons (Fsp3) is 0.154. The van der Waals surface area contributed by atoms with Crippen LogP contribution < -0.4 is 10.2 Å². The van der Waals surface area contributed by atoms with E-state index in [1.165, 1.54) is 0 Å². The third-order valence-corrected chi connectivity index (χ3v) is 5.84. The van der Waals surface area contributed by atoms with Gasteiger partial charge in [0.1, 0.15) is 0 Å². The molecule has 1 saturated heterocycles. The second-order valence-electron chi connectivity index (χ2n) is 8.05. The monoisotopic (exact) mass is 455 g/mol. The highest BCUT2D eigenvalue weighted by molar-refractivity contribution is 6.33. The Kier molecular flexibility index (Phi) is 5.75. The largest absolute Gasteiger partial charge is 0.323 e. The normalized spacial score (nSPS) is 13.4. The summed E-state index contributed by atoms with van der Waals surface area (Å²) in [5.41, 5.74) is 6.38. The number of hydrogen-bond acceptors (Lipinski definition) is 5. The molecule has 0 spiro atoms. The topological polar surface area (TPSA) is 71.0 Å². The molecular formula is C26H22ClN5O. The molecule has 2 aromatic carbocycles. The van der Waals surface area contributed by atoms with Gasteiger partial charge < -0.3 is 10.2 Å². The number of nitrogens with one attached hydrogen (secondary N) is 1. The number of nitrogens with zero attached hydrogens (tertiary/aromatic N) is 4. The summed E-state index contributed by atoms with van der Waals surface area (Å²) in [7, 11) is 0. The predicted octanol–water partition coefficient (Wildman–Crippen LogP) is 6.04. The van der Waals surface area contributed by atoms with Crippen LogP contribution in [0, 0.1) is 6.92 Å².